The minimum atomic E-state index is -3.20. The highest BCUT2D eigenvalue weighted by molar-refractivity contribution is 7.92. The summed E-state index contributed by atoms with van der Waals surface area (Å²) in [5.74, 6) is 1.56. The van der Waals surface area contributed by atoms with Crippen molar-refractivity contribution >= 4 is 15.7 Å². The van der Waals surface area contributed by atoms with Gasteiger partial charge in [-0.2, -0.15) is 0 Å². The van der Waals surface area contributed by atoms with E-state index in [0.29, 0.717) is 12.5 Å². The Morgan fingerprint density at radius 1 is 1.20 bits per heavy atom. The molecule has 0 unspecified atom stereocenters. The van der Waals surface area contributed by atoms with Crippen LogP contribution in [0.25, 0.3) is 0 Å². The largest absolute Gasteiger partial charge is 0.496 e. The van der Waals surface area contributed by atoms with Gasteiger partial charge in [-0.25, -0.2) is 8.42 Å². The molecule has 1 aliphatic heterocycles. The smallest absolute Gasteiger partial charge is 0.232 e. The predicted octanol–water partition coefficient (Wildman–Crippen LogP) is 3.61. The van der Waals surface area contributed by atoms with Crippen LogP contribution in [0.1, 0.15) is 41.0 Å². The van der Waals surface area contributed by atoms with Gasteiger partial charge in [0.2, 0.25) is 10.0 Å². The number of hydrogen-bond acceptors (Lipinski definition) is 4. The fourth-order valence-corrected chi connectivity index (χ4v) is 5.93. The summed E-state index contributed by atoms with van der Waals surface area (Å²) in [5, 5.41) is 0. The molecular formula is C24H32N2O3S. The van der Waals surface area contributed by atoms with E-state index in [9.17, 15) is 8.42 Å². The number of likely N-dealkylation sites (N-methyl/N-ethyl adjacent to an activating group) is 1. The Bertz CT molecular complexity index is 1020. The molecule has 1 heterocycles. The maximum atomic E-state index is 12.1. The summed E-state index contributed by atoms with van der Waals surface area (Å²) in [5.41, 5.74) is 6.01. The number of anilines is 1. The molecule has 5 nitrogen and oxygen atoms in total. The Morgan fingerprint density at radius 2 is 2.03 bits per heavy atom. The van der Waals surface area contributed by atoms with E-state index in [2.05, 4.69) is 48.3 Å². The third-order valence-electron chi connectivity index (χ3n) is 6.53. The number of nitrogens with zero attached hydrogens (tertiary/aromatic N) is 2. The van der Waals surface area contributed by atoms with Crippen molar-refractivity contribution in [3.8, 4) is 5.75 Å². The summed E-state index contributed by atoms with van der Waals surface area (Å²) in [6, 6.07) is 12.7. The molecule has 2 aromatic rings. The van der Waals surface area contributed by atoms with Crippen LogP contribution in [0.4, 0.5) is 5.69 Å². The molecular weight excluding hydrogens is 396 g/mol. The van der Waals surface area contributed by atoms with Crippen molar-refractivity contribution in [2.75, 3.05) is 44.4 Å². The van der Waals surface area contributed by atoms with Gasteiger partial charge in [-0.15, -0.1) is 0 Å². The summed E-state index contributed by atoms with van der Waals surface area (Å²) in [6.07, 6.45) is 6.53. The van der Waals surface area contributed by atoms with Gasteiger partial charge < -0.3 is 9.64 Å². The van der Waals surface area contributed by atoms with Crippen molar-refractivity contribution in [3.63, 3.8) is 0 Å². The lowest BCUT2D eigenvalue weighted by molar-refractivity contribution is 0.299. The Morgan fingerprint density at radius 3 is 2.80 bits per heavy atom. The standard InChI is InChI=1S/C24H32N2O3S/c1-25(17-20-6-4-8-22-21(20)7-5-9-24(22)29-2)14-12-18-10-11-19-13-15-26(23(19)16-18)30(3,27)28/h5,7,9-11,16,20H,4,6,8,12-15,17H2,1-3H3/t20-/m0/s1. The van der Waals surface area contributed by atoms with Crippen molar-refractivity contribution in [1.29, 1.82) is 0 Å². The maximum Gasteiger partial charge on any atom is 0.232 e. The number of sulfonamides is 1. The average molecular weight is 429 g/mol. The molecule has 2 aromatic carbocycles. The van der Waals surface area contributed by atoms with Crippen LogP contribution in [0.2, 0.25) is 0 Å². The van der Waals surface area contributed by atoms with Crippen LogP contribution >= 0.6 is 0 Å². The highest BCUT2D eigenvalue weighted by atomic mass is 32.2. The van der Waals surface area contributed by atoms with E-state index in [0.717, 1.165) is 49.4 Å². The second kappa shape index (κ2) is 8.60. The van der Waals surface area contributed by atoms with E-state index in [1.165, 1.54) is 35.8 Å². The fraction of sp³-hybridized carbons (Fsp3) is 0.500. The molecule has 162 valence electrons. The number of hydrogen-bond donors (Lipinski definition) is 0. The summed E-state index contributed by atoms with van der Waals surface area (Å²) < 4.78 is 31.2. The maximum absolute atomic E-state index is 12.1. The van der Waals surface area contributed by atoms with Gasteiger partial charge in [-0.3, -0.25) is 4.31 Å². The molecule has 6 heteroatoms. The van der Waals surface area contributed by atoms with E-state index in [4.69, 9.17) is 4.74 Å². The molecule has 30 heavy (non-hydrogen) atoms. The summed E-state index contributed by atoms with van der Waals surface area (Å²) in [6.45, 7) is 2.54. The Hall–Kier alpha value is -2.05. The highest BCUT2D eigenvalue weighted by Crippen LogP contribution is 2.37. The second-order valence-electron chi connectivity index (χ2n) is 8.68. The molecule has 0 bridgehead atoms. The lowest BCUT2D eigenvalue weighted by Gasteiger charge is -2.30. The normalized spacial score (nSPS) is 18.4. The third-order valence-corrected chi connectivity index (χ3v) is 7.71. The average Bonchev–Trinajstić information content (AvgIpc) is 3.16. The van der Waals surface area contributed by atoms with Crippen LogP contribution in [0.3, 0.4) is 0 Å². The molecule has 0 saturated carbocycles. The first-order valence-corrected chi connectivity index (χ1v) is 12.7. The van der Waals surface area contributed by atoms with Gasteiger partial charge in [0.25, 0.3) is 0 Å². The van der Waals surface area contributed by atoms with E-state index >= 15 is 0 Å². The first-order valence-electron chi connectivity index (χ1n) is 10.8. The highest BCUT2D eigenvalue weighted by Gasteiger charge is 2.26. The van der Waals surface area contributed by atoms with Gasteiger partial charge in [0.05, 0.1) is 19.1 Å². The topological polar surface area (TPSA) is 49.9 Å². The molecule has 0 radical (unpaired) electrons. The van der Waals surface area contributed by atoms with Gasteiger partial charge >= 0.3 is 0 Å². The van der Waals surface area contributed by atoms with Crippen LogP contribution < -0.4 is 9.04 Å². The van der Waals surface area contributed by atoms with Crippen molar-refractivity contribution in [2.24, 2.45) is 0 Å². The van der Waals surface area contributed by atoms with Crippen molar-refractivity contribution < 1.29 is 13.2 Å². The van der Waals surface area contributed by atoms with Crippen molar-refractivity contribution in [1.82, 2.24) is 4.90 Å². The van der Waals surface area contributed by atoms with Crippen LogP contribution in [0.5, 0.6) is 5.75 Å². The van der Waals surface area contributed by atoms with Crippen molar-refractivity contribution in [3.05, 3.63) is 58.7 Å². The summed E-state index contributed by atoms with van der Waals surface area (Å²) in [4.78, 5) is 2.40. The molecule has 0 spiro atoms. The molecule has 1 aliphatic carbocycles. The van der Waals surface area contributed by atoms with Crippen molar-refractivity contribution in [2.45, 2.75) is 38.0 Å². The SMILES string of the molecule is COc1cccc2c1CCC[C@H]2CN(C)CCc1ccc2c(c1)N(S(C)(=O)=O)CC2. The minimum Gasteiger partial charge on any atom is -0.496 e. The molecule has 0 amide bonds. The van der Waals surface area contributed by atoms with Gasteiger partial charge in [-0.05, 0) is 79.5 Å². The first kappa shape index (κ1) is 21.2. The zero-order valence-electron chi connectivity index (χ0n) is 18.2. The van der Waals surface area contributed by atoms with E-state index in [-0.39, 0.29) is 0 Å². The van der Waals surface area contributed by atoms with Crippen LogP contribution in [-0.2, 0) is 29.3 Å². The molecule has 4 rings (SSSR count). The summed E-state index contributed by atoms with van der Waals surface area (Å²) in [7, 11) is 0.737. The lowest BCUT2D eigenvalue weighted by atomic mass is 9.82. The number of benzene rings is 2. The molecule has 1 atom stereocenters. The van der Waals surface area contributed by atoms with E-state index in [1.54, 1.807) is 11.4 Å². The molecule has 0 saturated heterocycles. The number of fused-ring (bicyclic) bond motifs is 2. The Kier molecular flexibility index (Phi) is 6.07. The van der Waals surface area contributed by atoms with Crippen LogP contribution in [0.15, 0.2) is 36.4 Å². The van der Waals surface area contributed by atoms with Gasteiger partial charge in [0.15, 0.2) is 0 Å². The Balaban J connectivity index is 1.41. The van der Waals surface area contributed by atoms with E-state index < -0.39 is 10.0 Å². The van der Waals surface area contributed by atoms with E-state index in [1.807, 2.05) is 0 Å². The number of ether oxygens (including phenoxy) is 1. The van der Waals surface area contributed by atoms with Gasteiger partial charge in [0, 0.05) is 19.6 Å². The van der Waals surface area contributed by atoms with Gasteiger partial charge in [0.1, 0.15) is 5.75 Å². The number of rotatable bonds is 7. The number of methoxy groups -OCH3 is 1. The van der Waals surface area contributed by atoms with Crippen LogP contribution in [0, 0.1) is 0 Å². The Labute approximate surface area is 180 Å². The predicted molar refractivity (Wildman–Crippen MR) is 122 cm³/mol. The zero-order chi connectivity index (χ0) is 21.3. The fourth-order valence-electron chi connectivity index (χ4n) is 4.98. The van der Waals surface area contributed by atoms with Crippen LogP contribution in [-0.4, -0.2) is 53.4 Å². The third kappa shape index (κ3) is 4.35. The summed E-state index contributed by atoms with van der Waals surface area (Å²) >= 11 is 0. The van der Waals surface area contributed by atoms with Gasteiger partial charge in [-0.1, -0.05) is 24.3 Å². The zero-order valence-corrected chi connectivity index (χ0v) is 19.0. The first-order chi connectivity index (χ1) is 14.4. The molecule has 2 aliphatic rings. The molecule has 0 N–H and O–H groups in total. The minimum absolute atomic E-state index is 0.537. The quantitative estimate of drug-likeness (QED) is 0.676. The lowest BCUT2D eigenvalue weighted by Crippen LogP contribution is -2.29. The molecule has 0 fully saturated rings. The second-order valence-corrected chi connectivity index (χ2v) is 10.6. The molecule has 0 aromatic heterocycles. The monoisotopic (exact) mass is 428 g/mol.